The Morgan fingerprint density at radius 1 is 0.706 bits per heavy atom. The second-order valence-corrected chi connectivity index (χ2v) is 4.31. The van der Waals surface area contributed by atoms with Crippen LogP contribution in [0.4, 0.5) is 0 Å². The van der Waals surface area contributed by atoms with Crippen molar-refractivity contribution in [3.8, 4) is 11.1 Å². The summed E-state index contributed by atoms with van der Waals surface area (Å²) in [4.78, 5) is 0. The lowest BCUT2D eigenvalue weighted by atomic mass is 10.0. The van der Waals surface area contributed by atoms with Gasteiger partial charge in [-0.15, -0.1) is 0 Å². The Kier molecular flexibility index (Phi) is 2.37. The van der Waals surface area contributed by atoms with Crippen molar-refractivity contribution in [2.45, 2.75) is 0 Å². The Hall–Kier alpha value is -2.15. The molecule has 3 rings (SSSR count). The molecule has 2 aromatic carbocycles. The zero-order chi connectivity index (χ0) is 11.7. The molecule has 0 aliphatic heterocycles. The second kappa shape index (κ2) is 4.02. The van der Waals surface area contributed by atoms with Gasteiger partial charge in [0.25, 0.3) is 0 Å². The van der Waals surface area contributed by atoms with Crippen molar-refractivity contribution < 1.29 is 4.57 Å². The molecule has 1 heterocycles. The molecule has 0 aliphatic carbocycles. The molecule has 3 aromatic rings. The van der Waals surface area contributed by atoms with Crippen molar-refractivity contribution in [3.63, 3.8) is 0 Å². The zero-order valence-corrected chi connectivity index (χ0v) is 9.80. The van der Waals surface area contributed by atoms with E-state index in [-0.39, 0.29) is 0 Å². The van der Waals surface area contributed by atoms with E-state index in [0.717, 1.165) is 0 Å². The van der Waals surface area contributed by atoms with Gasteiger partial charge in [-0.1, -0.05) is 36.4 Å². The quantitative estimate of drug-likeness (QED) is 0.554. The highest BCUT2D eigenvalue weighted by Gasteiger charge is 2.00. The summed E-state index contributed by atoms with van der Waals surface area (Å²) >= 11 is 0. The van der Waals surface area contributed by atoms with E-state index in [1.165, 1.54) is 21.9 Å². The molecule has 1 heteroatoms. The lowest BCUT2D eigenvalue weighted by molar-refractivity contribution is -0.671. The topological polar surface area (TPSA) is 3.88 Å². The molecule has 0 fully saturated rings. The number of pyridine rings is 1. The maximum absolute atomic E-state index is 2.24. The molecule has 0 atom stereocenters. The molecule has 17 heavy (non-hydrogen) atoms. The maximum atomic E-state index is 2.24. The summed E-state index contributed by atoms with van der Waals surface area (Å²) in [6.45, 7) is 0. The van der Waals surface area contributed by atoms with Crippen LogP contribution < -0.4 is 4.57 Å². The highest BCUT2D eigenvalue weighted by Crippen LogP contribution is 2.23. The summed E-state index contributed by atoms with van der Waals surface area (Å²) in [7, 11) is 2.03. The summed E-state index contributed by atoms with van der Waals surface area (Å²) in [6.07, 6.45) is 4.15. The zero-order valence-electron chi connectivity index (χ0n) is 9.80. The molecule has 0 saturated heterocycles. The summed E-state index contributed by atoms with van der Waals surface area (Å²) in [6, 6.07) is 19.3. The Bertz CT molecular complexity index is 654. The largest absolute Gasteiger partial charge is 0.208 e. The van der Waals surface area contributed by atoms with Crippen molar-refractivity contribution in [2.24, 2.45) is 7.05 Å². The highest BCUT2D eigenvalue weighted by atomic mass is 14.9. The lowest BCUT2D eigenvalue weighted by Crippen LogP contribution is -2.25. The lowest BCUT2D eigenvalue weighted by Gasteiger charge is -2.03. The number of benzene rings is 2. The minimum atomic E-state index is 1.26. The van der Waals surface area contributed by atoms with Crippen LogP contribution in [0.3, 0.4) is 0 Å². The predicted molar refractivity (Wildman–Crippen MR) is 70.6 cm³/mol. The van der Waals surface area contributed by atoms with Crippen molar-refractivity contribution in [1.82, 2.24) is 0 Å². The van der Waals surface area contributed by atoms with Crippen LogP contribution in [0.25, 0.3) is 21.9 Å². The van der Waals surface area contributed by atoms with Gasteiger partial charge in [0.15, 0.2) is 12.4 Å². The molecule has 0 unspecified atom stereocenters. The molecule has 0 aliphatic rings. The first-order valence-electron chi connectivity index (χ1n) is 5.77. The molecule has 1 aromatic heterocycles. The third-order valence-corrected chi connectivity index (χ3v) is 3.06. The molecule has 1 nitrogen and oxygen atoms in total. The Balaban J connectivity index is 2.14. The van der Waals surface area contributed by atoms with Crippen LogP contribution in [0.5, 0.6) is 0 Å². The van der Waals surface area contributed by atoms with Gasteiger partial charge in [-0.3, -0.25) is 0 Å². The Morgan fingerprint density at radius 2 is 1.41 bits per heavy atom. The van der Waals surface area contributed by atoms with Gasteiger partial charge in [-0.25, -0.2) is 4.57 Å². The number of hydrogen-bond acceptors (Lipinski definition) is 0. The van der Waals surface area contributed by atoms with Crippen LogP contribution in [-0.4, -0.2) is 0 Å². The van der Waals surface area contributed by atoms with Gasteiger partial charge in [0.05, 0.1) is 0 Å². The van der Waals surface area contributed by atoms with Crippen LogP contribution >= 0.6 is 0 Å². The summed E-state index contributed by atoms with van der Waals surface area (Å²) in [5.74, 6) is 0. The molecule has 0 spiro atoms. The van der Waals surface area contributed by atoms with Gasteiger partial charge in [0, 0.05) is 12.1 Å². The van der Waals surface area contributed by atoms with E-state index in [4.69, 9.17) is 0 Å². The fourth-order valence-electron chi connectivity index (χ4n) is 2.06. The van der Waals surface area contributed by atoms with Crippen molar-refractivity contribution >= 4 is 10.8 Å². The van der Waals surface area contributed by atoms with Crippen LogP contribution in [0.1, 0.15) is 0 Å². The normalized spacial score (nSPS) is 10.6. The monoisotopic (exact) mass is 220 g/mol. The first kappa shape index (κ1) is 10.0. The number of hydrogen-bond donors (Lipinski definition) is 0. The van der Waals surface area contributed by atoms with Gasteiger partial charge in [0.2, 0.25) is 0 Å². The van der Waals surface area contributed by atoms with Gasteiger partial charge in [0.1, 0.15) is 7.05 Å². The maximum Gasteiger partial charge on any atom is 0.169 e. The first-order chi connectivity index (χ1) is 8.33. The van der Waals surface area contributed by atoms with Crippen molar-refractivity contribution in [1.29, 1.82) is 0 Å². The molecule has 82 valence electrons. The Morgan fingerprint density at radius 3 is 2.18 bits per heavy atom. The van der Waals surface area contributed by atoms with Crippen LogP contribution in [0.2, 0.25) is 0 Å². The van der Waals surface area contributed by atoms with E-state index in [2.05, 4.69) is 67.0 Å². The number of aromatic nitrogens is 1. The molecule has 0 saturated carbocycles. The molecule has 0 amide bonds. The summed E-state index contributed by atoms with van der Waals surface area (Å²) < 4.78 is 2.05. The predicted octanol–water partition coefficient (Wildman–Crippen LogP) is 3.33. The number of rotatable bonds is 1. The average Bonchev–Trinajstić information content (AvgIpc) is 2.39. The van der Waals surface area contributed by atoms with E-state index >= 15 is 0 Å². The standard InChI is InChI=1S/C16H14N/c1-17-10-8-14(9-11-17)16-7-6-13-4-2-3-5-15(13)12-16/h2-12H,1H3/q+1. The summed E-state index contributed by atoms with van der Waals surface area (Å²) in [5, 5.41) is 2.58. The van der Waals surface area contributed by atoms with Crippen LogP contribution in [-0.2, 0) is 7.05 Å². The van der Waals surface area contributed by atoms with E-state index in [0.29, 0.717) is 0 Å². The minimum Gasteiger partial charge on any atom is -0.208 e. The smallest absolute Gasteiger partial charge is 0.169 e. The van der Waals surface area contributed by atoms with E-state index in [1.54, 1.807) is 0 Å². The third-order valence-electron chi connectivity index (χ3n) is 3.06. The van der Waals surface area contributed by atoms with Crippen molar-refractivity contribution in [2.75, 3.05) is 0 Å². The van der Waals surface area contributed by atoms with Crippen LogP contribution in [0, 0.1) is 0 Å². The minimum absolute atomic E-state index is 1.26. The van der Waals surface area contributed by atoms with Gasteiger partial charge < -0.3 is 0 Å². The molecule has 0 bridgehead atoms. The third kappa shape index (κ3) is 1.92. The molecule has 0 N–H and O–H groups in total. The fourth-order valence-corrected chi connectivity index (χ4v) is 2.06. The first-order valence-corrected chi connectivity index (χ1v) is 5.77. The van der Waals surface area contributed by atoms with Gasteiger partial charge >= 0.3 is 0 Å². The van der Waals surface area contributed by atoms with Gasteiger partial charge in [-0.05, 0) is 28.0 Å². The fraction of sp³-hybridized carbons (Fsp3) is 0.0625. The SMILES string of the molecule is C[n+]1ccc(-c2ccc3ccccc3c2)cc1. The van der Waals surface area contributed by atoms with Crippen molar-refractivity contribution in [3.05, 3.63) is 67.0 Å². The highest BCUT2D eigenvalue weighted by molar-refractivity contribution is 5.87. The van der Waals surface area contributed by atoms with Crippen LogP contribution in [0.15, 0.2) is 67.0 Å². The second-order valence-electron chi connectivity index (χ2n) is 4.31. The van der Waals surface area contributed by atoms with Gasteiger partial charge in [-0.2, -0.15) is 0 Å². The Labute approximate surface area is 101 Å². The van der Waals surface area contributed by atoms with E-state index in [1.807, 2.05) is 11.6 Å². The number of nitrogens with zero attached hydrogens (tertiary/aromatic N) is 1. The average molecular weight is 220 g/mol. The van der Waals surface area contributed by atoms with E-state index < -0.39 is 0 Å². The molecule has 0 radical (unpaired) electrons. The summed E-state index contributed by atoms with van der Waals surface area (Å²) in [5.41, 5.74) is 2.53. The van der Waals surface area contributed by atoms with E-state index in [9.17, 15) is 0 Å². The molecular weight excluding hydrogens is 206 g/mol. The molecular formula is C16H14N+. The number of aryl methyl sites for hydroxylation is 1. The number of fused-ring (bicyclic) bond motifs is 1.